The third-order valence-electron chi connectivity index (χ3n) is 2.90. The maximum Gasteiger partial charge on any atom is 0.387 e. The Bertz CT molecular complexity index is 457. The Balaban J connectivity index is 2.35. The first-order valence-corrected chi connectivity index (χ1v) is 5.45. The Hall–Kier alpha value is -1.07. The normalized spacial score (nSPS) is 27.9. The van der Waals surface area contributed by atoms with Gasteiger partial charge < -0.3 is 4.74 Å². The van der Waals surface area contributed by atoms with E-state index in [-0.39, 0.29) is 0 Å². The quantitative estimate of drug-likeness (QED) is 0.349. The Morgan fingerprint density at radius 2 is 1.78 bits per heavy atom. The first-order valence-electron chi connectivity index (χ1n) is 5.07. The van der Waals surface area contributed by atoms with Crippen molar-refractivity contribution in [2.45, 2.75) is 23.0 Å². The van der Waals surface area contributed by atoms with Gasteiger partial charge in [0, 0.05) is 0 Å². The summed E-state index contributed by atoms with van der Waals surface area (Å²) < 4.78 is 57.7. The van der Waals surface area contributed by atoms with Gasteiger partial charge in [-0.15, -0.1) is 0 Å². The van der Waals surface area contributed by atoms with Crippen LogP contribution in [0.1, 0.15) is 11.7 Å². The summed E-state index contributed by atoms with van der Waals surface area (Å²) in [6.07, 6.45) is -0.489. The molecule has 0 amide bonds. The molecule has 98 valence electrons. The van der Waals surface area contributed by atoms with Crippen LogP contribution in [0.15, 0.2) is 43.0 Å². The summed E-state index contributed by atoms with van der Waals surface area (Å²) in [5, 5.41) is -4.70. The summed E-state index contributed by atoms with van der Waals surface area (Å²) in [7, 11) is 0. The minimum absolute atomic E-state index is 0.373. The van der Waals surface area contributed by atoms with Crippen LogP contribution in [0.4, 0.5) is 17.6 Å². The largest absolute Gasteiger partial charge is 0.387 e. The lowest BCUT2D eigenvalue weighted by Gasteiger charge is -2.25. The Morgan fingerprint density at radius 3 is 2.22 bits per heavy atom. The highest BCUT2D eigenvalue weighted by atomic mass is 35.5. The molecule has 0 spiro atoms. The predicted molar refractivity (Wildman–Crippen MR) is 58.9 cm³/mol. The number of hydrogen-bond acceptors (Lipinski definition) is 1. The summed E-state index contributed by atoms with van der Waals surface area (Å²) in [5.74, 6) is -4.54. The molecule has 18 heavy (non-hydrogen) atoms. The van der Waals surface area contributed by atoms with E-state index in [9.17, 15) is 17.6 Å². The minimum atomic E-state index is -4.70. The van der Waals surface area contributed by atoms with Crippen molar-refractivity contribution in [1.29, 1.82) is 0 Å². The highest BCUT2D eigenvalue weighted by Crippen LogP contribution is 2.63. The average molecular weight is 281 g/mol. The fourth-order valence-electron chi connectivity index (χ4n) is 1.85. The molecule has 1 aliphatic rings. The van der Waals surface area contributed by atoms with Crippen molar-refractivity contribution < 1.29 is 22.3 Å². The number of ether oxygens (including phenoxy) is 1. The molecule has 2 atom stereocenters. The monoisotopic (exact) mass is 280 g/mol. The van der Waals surface area contributed by atoms with E-state index in [1.165, 1.54) is 12.1 Å². The second-order valence-corrected chi connectivity index (χ2v) is 4.45. The minimum Gasteiger partial charge on any atom is -0.350 e. The number of hydrogen-bond donors (Lipinski definition) is 0. The van der Waals surface area contributed by atoms with Crippen molar-refractivity contribution >= 4 is 11.6 Å². The molecule has 6 heteroatoms. The molecule has 1 aromatic carbocycles. The zero-order valence-electron chi connectivity index (χ0n) is 9.05. The maximum atomic E-state index is 13.6. The molecule has 0 radical (unpaired) electrons. The first-order chi connectivity index (χ1) is 8.26. The second kappa shape index (κ2) is 3.96. The molecule has 1 aromatic rings. The Morgan fingerprint density at radius 1 is 1.22 bits per heavy atom. The molecule has 1 fully saturated rings. The van der Waals surface area contributed by atoms with Gasteiger partial charge in [0.25, 0.3) is 0 Å². The van der Waals surface area contributed by atoms with E-state index in [1.54, 1.807) is 18.2 Å². The summed E-state index contributed by atoms with van der Waals surface area (Å²) in [6, 6.07) is 7.90. The van der Waals surface area contributed by atoms with Gasteiger partial charge in [0.1, 0.15) is 6.10 Å². The van der Waals surface area contributed by atoms with Crippen LogP contribution in [-0.2, 0) is 4.74 Å². The van der Waals surface area contributed by atoms with E-state index in [4.69, 9.17) is 4.74 Å². The second-order valence-electron chi connectivity index (χ2n) is 3.98. The van der Waals surface area contributed by atoms with E-state index in [0.29, 0.717) is 11.6 Å². The molecular formula is C12H9ClF4O. The maximum absolute atomic E-state index is 13.6. The molecule has 0 saturated carbocycles. The molecule has 0 N–H and O–H groups in total. The van der Waals surface area contributed by atoms with E-state index < -0.39 is 23.0 Å². The molecule has 1 aliphatic heterocycles. The van der Waals surface area contributed by atoms with Crippen LogP contribution in [0.2, 0.25) is 0 Å². The van der Waals surface area contributed by atoms with Crippen LogP contribution in [0.5, 0.6) is 0 Å². The van der Waals surface area contributed by atoms with Gasteiger partial charge in [0.2, 0.25) is 0 Å². The Labute approximate surface area is 106 Å². The molecule has 0 aromatic heterocycles. The number of rotatable bonds is 4. The van der Waals surface area contributed by atoms with Crippen molar-refractivity contribution in [2.24, 2.45) is 0 Å². The van der Waals surface area contributed by atoms with Crippen LogP contribution in [0.3, 0.4) is 0 Å². The molecule has 1 saturated heterocycles. The standard InChI is InChI=1S/C12H9ClF4O/c1-2-10(11(14,15)12(13,16)17)9(18-10)8-6-4-3-5-7-8/h2-7,9H,1H2. The van der Waals surface area contributed by atoms with E-state index in [2.05, 4.69) is 18.2 Å². The van der Waals surface area contributed by atoms with Crippen LogP contribution < -0.4 is 0 Å². The fraction of sp³-hybridized carbons (Fsp3) is 0.333. The summed E-state index contributed by atoms with van der Waals surface area (Å²) in [6.45, 7) is 3.15. The summed E-state index contributed by atoms with van der Waals surface area (Å²) in [5.41, 5.74) is -2.09. The molecular weight excluding hydrogens is 272 g/mol. The van der Waals surface area contributed by atoms with E-state index >= 15 is 0 Å². The lowest BCUT2D eigenvalue weighted by molar-refractivity contribution is -0.186. The number of epoxide rings is 1. The van der Waals surface area contributed by atoms with Crippen molar-refractivity contribution in [3.8, 4) is 0 Å². The molecule has 0 aliphatic carbocycles. The topological polar surface area (TPSA) is 12.5 Å². The number of benzene rings is 1. The van der Waals surface area contributed by atoms with Gasteiger partial charge in [-0.2, -0.15) is 17.6 Å². The fourth-order valence-corrected chi connectivity index (χ4v) is 2.00. The van der Waals surface area contributed by atoms with Crippen molar-refractivity contribution in [2.75, 3.05) is 0 Å². The van der Waals surface area contributed by atoms with E-state index in [1.807, 2.05) is 0 Å². The van der Waals surface area contributed by atoms with Gasteiger partial charge in [0.05, 0.1) is 0 Å². The lowest BCUT2D eigenvalue weighted by Crippen LogP contribution is -2.48. The number of halogens is 5. The average Bonchev–Trinajstić information content (AvgIpc) is 3.05. The van der Waals surface area contributed by atoms with Gasteiger partial charge in [-0.25, -0.2) is 0 Å². The zero-order valence-corrected chi connectivity index (χ0v) is 9.80. The third-order valence-corrected chi connectivity index (χ3v) is 3.13. The van der Waals surface area contributed by atoms with Gasteiger partial charge in [-0.3, -0.25) is 0 Å². The van der Waals surface area contributed by atoms with Gasteiger partial charge in [-0.05, 0) is 17.2 Å². The Kier molecular flexibility index (Phi) is 2.94. The lowest BCUT2D eigenvalue weighted by atomic mass is 9.93. The molecule has 1 heterocycles. The third kappa shape index (κ3) is 1.73. The summed E-state index contributed by atoms with van der Waals surface area (Å²) >= 11 is 4.47. The summed E-state index contributed by atoms with van der Waals surface area (Å²) in [4.78, 5) is 0. The van der Waals surface area contributed by atoms with Crippen LogP contribution >= 0.6 is 11.6 Å². The zero-order chi connectivity index (χ0) is 13.6. The van der Waals surface area contributed by atoms with Crippen molar-refractivity contribution in [3.05, 3.63) is 48.6 Å². The van der Waals surface area contributed by atoms with Crippen LogP contribution in [0.25, 0.3) is 0 Å². The van der Waals surface area contributed by atoms with Gasteiger partial charge in [-0.1, -0.05) is 43.0 Å². The van der Waals surface area contributed by atoms with Crippen molar-refractivity contribution in [3.63, 3.8) is 0 Å². The van der Waals surface area contributed by atoms with E-state index in [0.717, 1.165) is 0 Å². The first kappa shape index (κ1) is 13.4. The highest BCUT2D eigenvalue weighted by Gasteiger charge is 2.79. The predicted octanol–water partition coefficient (Wildman–Crippen LogP) is 4.15. The smallest absolute Gasteiger partial charge is 0.350 e. The van der Waals surface area contributed by atoms with Crippen LogP contribution in [-0.4, -0.2) is 16.9 Å². The molecule has 2 unspecified atom stereocenters. The molecule has 2 rings (SSSR count). The number of alkyl halides is 5. The molecule has 0 bridgehead atoms. The van der Waals surface area contributed by atoms with Crippen molar-refractivity contribution in [1.82, 2.24) is 0 Å². The van der Waals surface area contributed by atoms with Gasteiger partial charge in [0.15, 0.2) is 5.60 Å². The van der Waals surface area contributed by atoms with Crippen LogP contribution in [0, 0.1) is 0 Å². The highest BCUT2D eigenvalue weighted by molar-refractivity contribution is 6.22. The van der Waals surface area contributed by atoms with Gasteiger partial charge >= 0.3 is 11.3 Å². The SMILES string of the molecule is C=CC1(C(F)(F)C(F)(F)Cl)OC1c1ccccc1. The molecule has 1 nitrogen and oxygen atoms in total.